The Hall–Kier alpha value is -2.93. The van der Waals surface area contributed by atoms with Crippen LogP contribution in [0.15, 0.2) is 54.4 Å². The van der Waals surface area contributed by atoms with Crippen molar-refractivity contribution in [2.75, 3.05) is 0 Å². The predicted molar refractivity (Wildman–Crippen MR) is 132 cm³/mol. The van der Waals surface area contributed by atoms with Crippen LogP contribution in [0.2, 0.25) is 0 Å². The summed E-state index contributed by atoms with van der Waals surface area (Å²) in [5.74, 6) is -0.0625. The largest absolute Gasteiger partial charge is 0.512 e. The molecule has 1 aliphatic rings. The number of nitro groups is 1. The number of thiophene rings is 1. The van der Waals surface area contributed by atoms with Gasteiger partial charge in [-0.25, -0.2) is 0 Å². The standard InChI is InChI=1S/C21H15N2O2S.C5H8O2.Ir/c24-23(25)16-7-5-13(6-8-16)20-21-17(9-10-22-20)18-11-14-3-1-2-4-15(14)12-19(18)26-21;1-4(6)3-5(2)7;/h5,7-12H,1-4H2;3,6H,1-2H3;/q-1;;/b;4-3-;. The van der Waals surface area contributed by atoms with Crippen molar-refractivity contribution in [3.63, 3.8) is 0 Å². The van der Waals surface area contributed by atoms with Crippen LogP contribution in [-0.4, -0.2) is 20.8 Å². The van der Waals surface area contributed by atoms with Crippen LogP contribution in [-0.2, 0) is 37.7 Å². The number of benzene rings is 2. The number of hydrogen-bond donors (Lipinski definition) is 1. The van der Waals surface area contributed by atoms with Gasteiger partial charge >= 0.3 is 0 Å². The van der Waals surface area contributed by atoms with Crippen LogP contribution in [0.25, 0.3) is 31.4 Å². The van der Waals surface area contributed by atoms with Crippen LogP contribution in [0.4, 0.5) is 5.69 Å². The van der Waals surface area contributed by atoms with E-state index in [2.05, 4.69) is 29.2 Å². The van der Waals surface area contributed by atoms with E-state index in [1.165, 1.54) is 77.9 Å². The van der Waals surface area contributed by atoms with Crippen molar-refractivity contribution in [3.05, 3.63) is 81.7 Å². The number of carbonyl (C=O) groups is 1. The summed E-state index contributed by atoms with van der Waals surface area (Å²) in [6.07, 6.45) is 7.86. The van der Waals surface area contributed by atoms with Crippen molar-refractivity contribution in [2.24, 2.45) is 0 Å². The molecule has 6 nitrogen and oxygen atoms in total. The SMILES string of the molecule is CC(=O)/C=C(/C)O.O=[N+]([O-])c1c[c-]c(-c2nccc3c2sc2cc4c(cc23)CCCC4)cc1.[Ir]. The maximum absolute atomic E-state index is 10.9. The van der Waals surface area contributed by atoms with Gasteiger partial charge in [0.1, 0.15) is 0 Å². The van der Waals surface area contributed by atoms with E-state index in [0.29, 0.717) is 0 Å². The minimum absolute atomic E-state index is 0. The second-order valence-corrected chi connectivity index (χ2v) is 9.13. The second-order valence-electron chi connectivity index (χ2n) is 8.08. The number of aromatic nitrogens is 1. The number of non-ortho nitro benzene ring substituents is 1. The number of rotatable bonds is 3. The molecule has 0 spiro atoms. The zero-order valence-corrected chi connectivity index (χ0v) is 22.0. The molecule has 0 unspecified atom stereocenters. The van der Waals surface area contributed by atoms with Crippen LogP contribution in [0.1, 0.15) is 37.8 Å². The summed E-state index contributed by atoms with van der Waals surface area (Å²) < 4.78 is 2.41. The smallest absolute Gasteiger partial charge is 0.190 e. The minimum atomic E-state index is -0.405. The van der Waals surface area contributed by atoms with Crippen molar-refractivity contribution in [1.29, 1.82) is 0 Å². The Balaban J connectivity index is 0.000000357. The van der Waals surface area contributed by atoms with Crippen molar-refractivity contribution in [3.8, 4) is 11.3 Å². The van der Waals surface area contributed by atoms with Gasteiger partial charge in [0.2, 0.25) is 0 Å². The van der Waals surface area contributed by atoms with E-state index in [0.717, 1.165) is 22.4 Å². The van der Waals surface area contributed by atoms with Gasteiger partial charge < -0.3 is 10.1 Å². The fourth-order valence-corrected chi connectivity index (χ4v) is 5.34. The van der Waals surface area contributed by atoms with E-state index in [-0.39, 0.29) is 37.3 Å². The van der Waals surface area contributed by atoms with E-state index < -0.39 is 4.92 Å². The fourth-order valence-electron chi connectivity index (χ4n) is 4.10. The molecule has 0 saturated carbocycles. The Morgan fingerprint density at radius 2 is 1.85 bits per heavy atom. The van der Waals surface area contributed by atoms with Gasteiger partial charge in [-0.3, -0.25) is 14.9 Å². The molecule has 2 aromatic heterocycles. The molecule has 4 aromatic rings. The molecule has 5 rings (SSSR count). The number of carbonyl (C=O) groups excluding carboxylic acids is 1. The van der Waals surface area contributed by atoms with Crippen LogP contribution in [0.5, 0.6) is 0 Å². The number of nitrogens with zero attached hydrogens (tertiary/aromatic N) is 2. The third kappa shape index (κ3) is 5.58. The minimum Gasteiger partial charge on any atom is -0.512 e. The first kappa shape index (κ1) is 25.7. The molecule has 2 aromatic carbocycles. The Bertz CT molecular complexity index is 1390. The first-order valence-electron chi connectivity index (χ1n) is 10.7. The topological polar surface area (TPSA) is 93.3 Å². The molecule has 2 heterocycles. The molecule has 0 fully saturated rings. The summed E-state index contributed by atoms with van der Waals surface area (Å²) in [7, 11) is 0. The Morgan fingerprint density at radius 3 is 2.41 bits per heavy atom. The molecule has 0 bridgehead atoms. The van der Waals surface area contributed by atoms with E-state index >= 15 is 0 Å². The number of allylic oxidation sites excluding steroid dienone is 2. The molecular weight excluding hydrogens is 629 g/mol. The van der Waals surface area contributed by atoms with Gasteiger partial charge in [0.05, 0.1) is 5.76 Å². The van der Waals surface area contributed by atoms with E-state index in [1.54, 1.807) is 17.4 Å². The van der Waals surface area contributed by atoms with Gasteiger partial charge in [0.15, 0.2) is 11.5 Å². The summed E-state index contributed by atoms with van der Waals surface area (Å²) in [4.78, 5) is 25.0. The third-order valence-corrected chi connectivity index (χ3v) is 6.70. The number of ketones is 1. The normalized spacial score (nSPS) is 12.9. The zero-order chi connectivity index (χ0) is 23.5. The molecule has 0 saturated heterocycles. The summed E-state index contributed by atoms with van der Waals surface area (Å²) in [6, 6.07) is 14.5. The first-order valence-corrected chi connectivity index (χ1v) is 11.5. The van der Waals surface area contributed by atoms with Gasteiger partial charge in [-0.05, 0) is 79.6 Å². The van der Waals surface area contributed by atoms with Crippen LogP contribution >= 0.6 is 11.3 Å². The number of hydrogen-bond acceptors (Lipinski definition) is 6. The van der Waals surface area contributed by atoms with Gasteiger partial charge in [0.25, 0.3) is 0 Å². The van der Waals surface area contributed by atoms with Crippen LogP contribution in [0, 0.1) is 16.2 Å². The predicted octanol–water partition coefficient (Wildman–Crippen LogP) is 6.74. The van der Waals surface area contributed by atoms with Crippen molar-refractivity contribution >= 4 is 43.0 Å². The molecule has 1 radical (unpaired) electrons. The van der Waals surface area contributed by atoms with Crippen molar-refractivity contribution < 1.29 is 34.9 Å². The Kier molecular flexibility index (Phi) is 8.31. The number of aliphatic hydroxyl groups is 1. The Labute approximate surface area is 214 Å². The molecule has 0 atom stereocenters. The first-order chi connectivity index (χ1) is 15.8. The summed E-state index contributed by atoms with van der Waals surface area (Å²) in [5, 5.41) is 21.7. The van der Waals surface area contributed by atoms with E-state index in [9.17, 15) is 14.9 Å². The summed E-state index contributed by atoms with van der Waals surface area (Å²) in [6.45, 7) is 2.85. The number of nitro benzene ring substituents is 1. The van der Waals surface area contributed by atoms with Crippen LogP contribution in [0.3, 0.4) is 0 Å². The monoisotopic (exact) mass is 652 g/mol. The zero-order valence-electron chi connectivity index (χ0n) is 18.8. The fraction of sp³-hybridized carbons (Fsp3) is 0.231. The maximum Gasteiger partial charge on any atom is 0.190 e. The molecule has 34 heavy (non-hydrogen) atoms. The van der Waals surface area contributed by atoms with Crippen LogP contribution < -0.4 is 0 Å². The number of aliphatic hydroxyl groups excluding tert-OH is 1. The van der Waals surface area contributed by atoms with Gasteiger partial charge in [0, 0.05) is 52.4 Å². The molecule has 1 N–H and O–H groups in total. The van der Waals surface area contributed by atoms with Gasteiger partial charge in [-0.15, -0.1) is 29.0 Å². The average Bonchev–Trinajstić information content (AvgIpc) is 3.14. The molecule has 1 aliphatic carbocycles. The van der Waals surface area contributed by atoms with E-state index in [4.69, 9.17) is 5.11 Å². The Morgan fingerprint density at radius 1 is 1.15 bits per heavy atom. The molecule has 0 amide bonds. The van der Waals surface area contributed by atoms with Gasteiger partial charge in [-0.2, -0.15) is 0 Å². The second kappa shape index (κ2) is 11.0. The average molecular weight is 652 g/mol. The molecule has 0 aliphatic heterocycles. The molecular formula is C26H23IrN2O4S-. The number of fused-ring (bicyclic) bond motifs is 4. The molecule has 177 valence electrons. The van der Waals surface area contributed by atoms with Gasteiger partial charge in [-0.1, -0.05) is 12.1 Å². The summed E-state index contributed by atoms with van der Waals surface area (Å²) >= 11 is 1.75. The van der Waals surface area contributed by atoms with Crippen molar-refractivity contribution in [1.82, 2.24) is 4.98 Å². The number of aryl methyl sites for hydroxylation is 2. The quantitative estimate of drug-likeness (QED) is 0.0871. The third-order valence-electron chi connectivity index (χ3n) is 5.53. The van der Waals surface area contributed by atoms with Crippen molar-refractivity contribution in [2.45, 2.75) is 39.5 Å². The maximum atomic E-state index is 10.9. The number of pyridine rings is 1. The summed E-state index contributed by atoms with van der Waals surface area (Å²) in [5.41, 5.74) is 4.63. The van der Waals surface area contributed by atoms with E-state index in [1.807, 2.05) is 6.20 Å². The molecule has 8 heteroatoms.